The maximum absolute atomic E-state index is 11.8. The van der Waals surface area contributed by atoms with E-state index in [1.54, 1.807) is 25.3 Å². The second-order valence-corrected chi connectivity index (χ2v) is 6.73. The Morgan fingerprint density at radius 2 is 2.00 bits per heavy atom. The minimum atomic E-state index is -0.834. The average molecular weight is 411 g/mol. The number of hydrogen-bond acceptors (Lipinski definition) is 6. The van der Waals surface area contributed by atoms with E-state index in [0.29, 0.717) is 36.8 Å². The summed E-state index contributed by atoms with van der Waals surface area (Å²) < 4.78 is 16.6. The van der Waals surface area contributed by atoms with Gasteiger partial charge >= 0.3 is 11.8 Å². The molecule has 1 atom stereocenters. The Bertz CT molecular complexity index is 880. The van der Waals surface area contributed by atoms with Gasteiger partial charge in [0.2, 0.25) is 0 Å². The molecule has 2 aromatic carbocycles. The van der Waals surface area contributed by atoms with Gasteiger partial charge in [-0.3, -0.25) is 9.59 Å². The molecular weight excluding hydrogens is 386 g/mol. The topological polar surface area (TPSA) is 98.2 Å². The van der Waals surface area contributed by atoms with Crippen molar-refractivity contribution >= 4 is 18.0 Å². The number of hydrogen-bond donors (Lipinski definition) is 2. The predicted molar refractivity (Wildman–Crippen MR) is 111 cm³/mol. The molecule has 0 unspecified atom stereocenters. The van der Waals surface area contributed by atoms with Crippen molar-refractivity contribution in [3.8, 4) is 11.5 Å². The Kier molecular flexibility index (Phi) is 7.79. The normalized spacial score (nSPS) is 15.7. The first-order chi connectivity index (χ1) is 14.7. The molecule has 158 valence electrons. The van der Waals surface area contributed by atoms with E-state index >= 15 is 0 Å². The highest BCUT2D eigenvalue weighted by molar-refractivity contribution is 6.35. The van der Waals surface area contributed by atoms with Crippen LogP contribution in [0, 0.1) is 0 Å². The Morgan fingerprint density at radius 1 is 1.17 bits per heavy atom. The number of carbonyl (C=O) groups excluding carboxylic acids is 2. The fourth-order valence-electron chi connectivity index (χ4n) is 2.93. The van der Waals surface area contributed by atoms with Crippen LogP contribution in [0.3, 0.4) is 0 Å². The molecule has 3 rings (SSSR count). The van der Waals surface area contributed by atoms with Gasteiger partial charge in [0.05, 0.1) is 19.4 Å². The van der Waals surface area contributed by atoms with Crippen molar-refractivity contribution < 1.29 is 23.8 Å². The van der Waals surface area contributed by atoms with Crippen LogP contribution < -0.4 is 20.2 Å². The molecule has 1 aliphatic rings. The van der Waals surface area contributed by atoms with Crippen molar-refractivity contribution in [3.05, 3.63) is 59.7 Å². The summed E-state index contributed by atoms with van der Waals surface area (Å²) in [6.07, 6.45) is 3.25. The van der Waals surface area contributed by atoms with E-state index in [9.17, 15) is 9.59 Å². The summed E-state index contributed by atoms with van der Waals surface area (Å²) in [5.74, 6) is -0.449. The molecule has 1 saturated heterocycles. The van der Waals surface area contributed by atoms with Gasteiger partial charge in [0, 0.05) is 13.2 Å². The number of benzene rings is 2. The molecule has 1 aliphatic heterocycles. The number of hydrazone groups is 1. The van der Waals surface area contributed by atoms with Crippen LogP contribution in [0.2, 0.25) is 0 Å². The summed E-state index contributed by atoms with van der Waals surface area (Å²) in [6, 6.07) is 15.1. The van der Waals surface area contributed by atoms with Crippen LogP contribution in [0.25, 0.3) is 0 Å². The molecule has 30 heavy (non-hydrogen) atoms. The van der Waals surface area contributed by atoms with E-state index in [4.69, 9.17) is 14.2 Å². The highest BCUT2D eigenvalue weighted by Gasteiger charge is 2.19. The monoisotopic (exact) mass is 411 g/mol. The van der Waals surface area contributed by atoms with Gasteiger partial charge in [-0.2, -0.15) is 5.10 Å². The van der Waals surface area contributed by atoms with Gasteiger partial charge in [-0.05, 0) is 42.2 Å². The van der Waals surface area contributed by atoms with Crippen LogP contribution in [-0.2, 0) is 20.9 Å². The molecule has 2 amide bonds. The Balaban J connectivity index is 1.49. The first kappa shape index (κ1) is 21.3. The number of nitrogens with zero attached hydrogens (tertiary/aromatic N) is 1. The van der Waals surface area contributed by atoms with Crippen molar-refractivity contribution in [2.24, 2.45) is 5.10 Å². The summed E-state index contributed by atoms with van der Waals surface area (Å²) in [5, 5.41) is 6.37. The third kappa shape index (κ3) is 6.31. The first-order valence-electron chi connectivity index (χ1n) is 9.73. The third-order valence-corrected chi connectivity index (χ3v) is 4.53. The second kappa shape index (κ2) is 11.0. The third-order valence-electron chi connectivity index (χ3n) is 4.53. The zero-order valence-corrected chi connectivity index (χ0v) is 16.8. The van der Waals surface area contributed by atoms with Crippen LogP contribution in [0.4, 0.5) is 0 Å². The lowest BCUT2D eigenvalue weighted by atomic mass is 10.2. The van der Waals surface area contributed by atoms with Gasteiger partial charge in [-0.25, -0.2) is 5.43 Å². The fraction of sp³-hybridized carbons (Fsp3) is 0.318. The maximum Gasteiger partial charge on any atom is 0.329 e. The van der Waals surface area contributed by atoms with E-state index in [1.807, 2.05) is 30.3 Å². The van der Waals surface area contributed by atoms with Gasteiger partial charge in [0.1, 0.15) is 6.61 Å². The summed E-state index contributed by atoms with van der Waals surface area (Å²) >= 11 is 0. The molecule has 8 nitrogen and oxygen atoms in total. The fourth-order valence-corrected chi connectivity index (χ4v) is 2.93. The minimum Gasteiger partial charge on any atom is -0.493 e. The van der Waals surface area contributed by atoms with Crippen molar-refractivity contribution in [1.29, 1.82) is 0 Å². The molecule has 0 radical (unpaired) electrons. The van der Waals surface area contributed by atoms with E-state index in [-0.39, 0.29) is 6.10 Å². The van der Waals surface area contributed by atoms with Crippen LogP contribution in [0.15, 0.2) is 53.6 Å². The average Bonchev–Trinajstić information content (AvgIpc) is 3.30. The van der Waals surface area contributed by atoms with Crippen LogP contribution in [-0.4, -0.2) is 44.4 Å². The highest BCUT2D eigenvalue weighted by Crippen LogP contribution is 2.28. The number of amides is 2. The molecule has 0 saturated carbocycles. The molecule has 2 N–H and O–H groups in total. The van der Waals surface area contributed by atoms with Crippen molar-refractivity contribution in [3.63, 3.8) is 0 Å². The highest BCUT2D eigenvalue weighted by atomic mass is 16.5. The van der Waals surface area contributed by atoms with Gasteiger partial charge in [-0.15, -0.1) is 0 Å². The molecule has 1 fully saturated rings. The summed E-state index contributed by atoms with van der Waals surface area (Å²) in [5.41, 5.74) is 3.94. The van der Waals surface area contributed by atoms with Crippen molar-refractivity contribution in [2.45, 2.75) is 25.6 Å². The Hall–Kier alpha value is -3.39. The lowest BCUT2D eigenvalue weighted by molar-refractivity contribution is -0.139. The number of rotatable bonds is 8. The lowest BCUT2D eigenvalue weighted by Gasteiger charge is -2.11. The van der Waals surface area contributed by atoms with E-state index < -0.39 is 11.8 Å². The molecule has 2 aromatic rings. The van der Waals surface area contributed by atoms with Crippen molar-refractivity contribution in [2.75, 3.05) is 20.3 Å². The summed E-state index contributed by atoms with van der Waals surface area (Å²) in [7, 11) is 1.55. The van der Waals surface area contributed by atoms with Crippen LogP contribution in [0.5, 0.6) is 11.5 Å². The predicted octanol–water partition coefficient (Wildman–Crippen LogP) is 2.02. The van der Waals surface area contributed by atoms with Gasteiger partial charge in [0.15, 0.2) is 11.5 Å². The summed E-state index contributed by atoms with van der Waals surface area (Å²) in [6.45, 7) is 1.43. The van der Waals surface area contributed by atoms with Crippen LogP contribution in [0.1, 0.15) is 24.0 Å². The van der Waals surface area contributed by atoms with Gasteiger partial charge < -0.3 is 19.5 Å². The zero-order valence-electron chi connectivity index (χ0n) is 16.8. The molecule has 1 heterocycles. The number of carbonyl (C=O) groups is 2. The lowest BCUT2D eigenvalue weighted by Crippen LogP contribution is -2.41. The quantitative estimate of drug-likeness (QED) is 0.393. The minimum absolute atomic E-state index is 0.0275. The molecule has 0 aromatic heterocycles. The molecule has 8 heteroatoms. The Morgan fingerprint density at radius 3 is 2.73 bits per heavy atom. The number of ether oxygens (including phenoxy) is 3. The van der Waals surface area contributed by atoms with Crippen LogP contribution >= 0.6 is 0 Å². The van der Waals surface area contributed by atoms with E-state index in [0.717, 1.165) is 18.4 Å². The molecular formula is C22H25N3O5. The molecule has 0 aliphatic carbocycles. The summed E-state index contributed by atoms with van der Waals surface area (Å²) in [4.78, 5) is 23.6. The standard InChI is InChI=1S/C22H25N3O5/c1-28-20-12-17(9-10-19(20)30-15-16-6-3-2-4-7-16)13-24-25-22(27)21(26)23-14-18-8-5-11-29-18/h2-4,6-7,9-10,12-13,18H,5,8,11,14-15H2,1H3,(H,23,26)(H,25,27)/b24-13-/t18-/m0/s1. The first-order valence-corrected chi connectivity index (χ1v) is 9.73. The molecule has 0 bridgehead atoms. The van der Waals surface area contributed by atoms with Crippen molar-refractivity contribution in [1.82, 2.24) is 10.7 Å². The SMILES string of the molecule is COc1cc(/C=N\NC(=O)C(=O)NC[C@@H]2CCCO2)ccc1OCc1ccccc1. The van der Waals surface area contributed by atoms with E-state index in [1.165, 1.54) is 6.21 Å². The largest absolute Gasteiger partial charge is 0.493 e. The van der Waals surface area contributed by atoms with E-state index in [2.05, 4.69) is 15.8 Å². The van der Waals surface area contributed by atoms with Gasteiger partial charge in [-0.1, -0.05) is 30.3 Å². The molecule has 0 spiro atoms. The number of nitrogens with one attached hydrogen (secondary N) is 2. The number of methoxy groups -OCH3 is 1. The Labute approximate surface area is 175 Å². The maximum atomic E-state index is 11.8. The zero-order chi connectivity index (χ0) is 21.2. The van der Waals surface area contributed by atoms with Gasteiger partial charge in [0.25, 0.3) is 0 Å². The second-order valence-electron chi connectivity index (χ2n) is 6.73. The smallest absolute Gasteiger partial charge is 0.329 e.